The minimum absolute atomic E-state index is 0.216. The van der Waals surface area contributed by atoms with Crippen LogP contribution in [0.2, 0.25) is 0 Å². The van der Waals surface area contributed by atoms with Crippen molar-refractivity contribution in [1.29, 1.82) is 0 Å². The van der Waals surface area contributed by atoms with Crippen LogP contribution in [0.3, 0.4) is 0 Å². The molecular formula is C30H33BrN4O5. The van der Waals surface area contributed by atoms with E-state index in [1.165, 1.54) is 18.9 Å². The summed E-state index contributed by atoms with van der Waals surface area (Å²) in [4.78, 5) is 36.7. The maximum absolute atomic E-state index is 12.5. The van der Waals surface area contributed by atoms with Crippen LogP contribution in [-0.2, 0) is 20.9 Å². The Morgan fingerprint density at radius 3 is 2.25 bits per heavy atom. The molecule has 3 aromatic rings. The summed E-state index contributed by atoms with van der Waals surface area (Å²) in [6.45, 7) is 8.06. The smallest absolute Gasteiger partial charge is 0.329 e. The zero-order chi connectivity index (χ0) is 29.2. The number of ether oxygens (including phenoxy) is 2. The third-order valence-electron chi connectivity index (χ3n) is 5.99. The SMILES string of the molecule is COc1cc(/C=N\NC(=O)C(=O)NCc2ccc(C(C)C)cc2)ccc1OCC(=O)Nc1c(C)cc(Br)cc1C. The molecule has 0 saturated carbocycles. The molecule has 3 N–H and O–H groups in total. The molecule has 0 saturated heterocycles. The Labute approximate surface area is 242 Å². The molecule has 3 aromatic carbocycles. The highest BCUT2D eigenvalue weighted by Gasteiger charge is 2.13. The number of amides is 3. The Bertz CT molecular complexity index is 1380. The van der Waals surface area contributed by atoms with E-state index in [0.717, 1.165) is 26.9 Å². The topological polar surface area (TPSA) is 118 Å². The van der Waals surface area contributed by atoms with Crippen molar-refractivity contribution in [1.82, 2.24) is 10.7 Å². The van der Waals surface area contributed by atoms with Gasteiger partial charge in [0, 0.05) is 16.7 Å². The number of carbonyl (C=O) groups is 3. The average Bonchev–Trinajstić information content (AvgIpc) is 2.92. The van der Waals surface area contributed by atoms with Crippen LogP contribution in [0, 0.1) is 13.8 Å². The van der Waals surface area contributed by atoms with E-state index in [1.807, 2.05) is 50.2 Å². The second-order valence-corrected chi connectivity index (χ2v) is 10.4. The molecule has 3 amide bonds. The summed E-state index contributed by atoms with van der Waals surface area (Å²) >= 11 is 3.45. The Hall–Kier alpha value is -4.18. The van der Waals surface area contributed by atoms with Gasteiger partial charge >= 0.3 is 11.8 Å². The number of nitrogens with zero attached hydrogens (tertiary/aromatic N) is 1. The highest BCUT2D eigenvalue weighted by molar-refractivity contribution is 9.10. The van der Waals surface area contributed by atoms with Crippen LogP contribution < -0.4 is 25.5 Å². The molecule has 0 aliphatic rings. The van der Waals surface area contributed by atoms with Gasteiger partial charge in [-0.15, -0.1) is 0 Å². The third-order valence-corrected chi connectivity index (χ3v) is 6.45. The van der Waals surface area contributed by atoms with Crippen molar-refractivity contribution in [2.45, 2.75) is 40.2 Å². The lowest BCUT2D eigenvalue weighted by molar-refractivity contribution is -0.139. The molecule has 0 aliphatic carbocycles. The standard InChI is InChI=1S/C30H33BrN4O5/c1-18(2)23-9-6-21(7-10-23)15-32-29(37)30(38)35-33-16-22-8-11-25(26(14-22)39-5)40-17-27(36)34-28-19(3)12-24(31)13-20(28)4/h6-14,16,18H,15,17H2,1-5H3,(H,32,37)(H,34,36)(H,35,38)/b33-16-. The number of hydrogen-bond acceptors (Lipinski definition) is 6. The number of aryl methyl sites for hydroxylation is 2. The highest BCUT2D eigenvalue weighted by Crippen LogP contribution is 2.28. The maximum Gasteiger partial charge on any atom is 0.329 e. The van der Waals surface area contributed by atoms with Crippen molar-refractivity contribution >= 4 is 45.6 Å². The zero-order valence-corrected chi connectivity index (χ0v) is 24.7. The predicted molar refractivity (Wildman–Crippen MR) is 159 cm³/mol. The summed E-state index contributed by atoms with van der Waals surface area (Å²) in [5.74, 6) is -0.833. The van der Waals surface area contributed by atoms with Crippen molar-refractivity contribution in [2.24, 2.45) is 5.10 Å². The number of anilines is 1. The zero-order valence-electron chi connectivity index (χ0n) is 23.1. The number of hydrazone groups is 1. The first-order chi connectivity index (χ1) is 19.1. The first-order valence-corrected chi connectivity index (χ1v) is 13.4. The summed E-state index contributed by atoms with van der Waals surface area (Å²) < 4.78 is 12.0. The van der Waals surface area contributed by atoms with Gasteiger partial charge in [-0.25, -0.2) is 5.43 Å². The number of nitrogens with one attached hydrogen (secondary N) is 3. The van der Waals surface area contributed by atoms with Crippen LogP contribution in [0.15, 0.2) is 64.2 Å². The average molecular weight is 610 g/mol. The molecule has 3 rings (SSSR count). The van der Waals surface area contributed by atoms with Crippen molar-refractivity contribution in [3.8, 4) is 11.5 Å². The van der Waals surface area contributed by atoms with Gasteiger partial charge in [-0.3, -0.25) is 14.4 Å². The van der Waals surface area contributed by atoms with Crippen LogP contribution in [-0.4, -0.2) is 37.7 Å². The quantitative estimate of drug-likeness (QED) is 0.170. The molecular weight excluding hydrogens is 576 g/mol. The number of benzene rings is 3. The molecule has 0 heterocycles. The summed E-state index contributed by atoms with van der Waals surface area (Å²) in [5.41, 5.74) is 7.49. The van der Waals surface area contributed by atoms with Crippen LogP contribution in [0.1, 0.15) is 47.6 Å². The van der Waals surface area contributed by atoms with E-state index in [9.17, 15) is 14.4 Å². The van der Waals surface area contributed by atoms with Gasteiger partial charge in [0.2, 0.25) is 0 Å². The fourth-order valence-corrected chi connectivity index (χ4v) is 4.50. The van der Waals surface area contributed by atoms with E-state index in [4.69, 9.17) is 9.47 Å². The Morgan fingerprint density at radius 2 is 1.62 bits per heavy atom. The predicted octanol–water partition coefficient (Wildman–Crippen LogP) is 4.98. The second kappa shape index (κ2) is 14.3. The first-order valence-electron chi connectivity index (χ1n) is 12.6. The summed E-state index contributed by atoms with van der Waals surface area (Å²) in [6, 6.07) is 16.6. The summed E-state index contributed by atoms with van der Waals surface area (Å²) in [7, 11) is 1.47. The van der Waals surface area contributed by atoms with Crippen LogP contribution in [0.5, 0.6) is 11.5 Å². The lowest BCUT2D eigenvalue weighted by Crippen LogP contribution is -2.37. The van der Waals surface area contributed by atoms with Gasteiger partial charge in [0.15, 0.2) is 18.1 Å². The van der Waals surface area contributed by atoms with Gasteiger partial charge < -0.3 is 20.1 Å². The molecule has 9 nitrogen and oxygen atoms in total. The molecule has 0 spiro atoms. The monoisotopic (exact) mass is 608 g/mol. The van der Waals surface area contributed by atoms with E-state index in [1.54, 1.807) is 18.2 Å². The summed E-state index contributed by atoms with van der Waals surface area (Å²) in [6.07, 6.45) is 1.37. The van der Waals surface area contributed by atoms with Crippen LogP contribution in [0.25, 0.3) is 0 Å². The fraction of sp³-hybridized carbons (Fsp3) is 0.267. The Morgan fingerprint density at radius 1 is 0.950 bits per heavy atom. The molecule has 0 aromatic heterocycles. The highest BCUT2D eigenvalue weighted by atomic mass is 79.9. The van der Waals surface area contributed by atoms with Crippen LogP contribution >= 0.6 is 15.9 Å². The molecule has 210 valence electrons. The first kappa shape index (κ1) is 30.4. The lowest BCUT2D eigenvalue weighted by Gasteiger charge is -2.14. The molecule has 40 heavy (non-hydrogen) atoms. The van der Waals surface area contributed by atoms with E-state index in [0.29, 0.717) is 23.0 Å². The number of methoxy groups -OCH3 is 1. The van der Waals surface area contributed by atoms with Crippen LogP contribution in [0.4, 0.5) is 5.69 Å². The minimum atomic E-state index is -0.885. The molecule has 10 heteroatoms. The number of halogens is 1. The maximum atomic E-state index is 12.5. The van der Waals surface area contributed by atoms with Crippen molar-refractivity contribution in [3.05, 3.63) is 86.9 Å². The number of rotatable bonds is 10. The van der Waals surface area contributed by atoms with Gasteiger partial charge in [-0.05, 0) is 77.9 Å². The van der Waals surface area contributed by atoms with Gasteiger partial charge in [-0.2, -0.15) is 5.10 Å². The normalized spacial score (nSPS) is 10.9. The Kier molecular flexibility index (Phi) is 10.8. The number of hydrogen-bond donors (Lipinski definition) is 3. The molecule has 0 aliphatic heterocycles. The Balaban J connectivity index is 1.50. The van der Waals surface area contributed by atoms with Gasteiger partial charge in [0.25, 0.3) is 5.91 Å². The number of carbonyl (C=O) groups excluding carboxylic acids is 3. The third kappa shape index (κ3) is 8.67. The van der Waals surface area contributed by atoms with E-state index >= 15 is 0 Å². The van der Waals surface area contributed by atoms with Gasteiger partial charge in [0.05, 0.1) is 13.3 Å². The largest absolute Gasteiger partial charge is 0.493 e. The van der Waals surface area contributed by atoms with E-state index in [-0.39, 0.29) is 19.1 Å². The van der Waals surface area contributed by atoms with Gasteiger partial charge in [-0.1, -0.05) is 54.0 Å². The van der Waals surface area contributed by atoms with E-state index < -0.39 is 11.8 Å². The fourth-order valence-electron chi connectivity index (χ4n) is 3.81. The van der Waals surface area contributed by atoms with E-state index in [2.05, 4.69) is 50.9 Å². The van der Waals surface area contributed by atoms with Gasteiger partial charge in [0.1, 0.15) is 0 Å². The second-order valence-electron chi connectivity index (χ2n) is 9.44. The molecule has 0 radical (unpaired) electrons. The molecule has 0 fully saturated rings. The van der Waals surface area contributed by atoms with Crippen molar-refractivity contribution in [2.75, 3.05) is 19.0 Å². The molecule has 0 unspecified atom stereocenters. The lowest BCUT2D eigenvalue weighted by atomic mass is 10.0. The molecule has 0 bridgehead atoms. The minimum Gasteiger partial charge on any atom is -0.493 e. The summed E-state index contributed by atoms with van der Waals surface area (Å²) in [5, 5.41) is 9.30. The van der Waals surface area contributed by atoms with Crippen molar-refractivity contribution < 1.29 is 23.9 Å². The molecule has 0 atom stereocenters. The van der Waals surface area contributed by atoms with Crippen molar-refractivity contribution in [3.63, 3.8) is 0 Å².